The van der Waals surface area contributed by atoms with E-state index in [1.165, 1.54) is 0 Å². The number of benzene rings is 2. The summed E-state index contributed by atoms with van der Waals surface area (Å²) in [4.78, 5) is 26.3. The minimum absolute atomic E-state index is 0.0662. The van der Waals surface area contributed by atoms with E-state index in [-0.39, 0.29) is 11.3 Å². The molecule has 0 radical (unpaired) electrons. The van der Waals surface area contributed by atoms with Crippen LogP contribution in [0.25, 0.3) is 5.57 Å². The van der Waals surface area contributed by atoms with E-state index in [1.807, 2.05) is 13.8 Å². The number of hydrogen-bond acceptors (Lipinski definition) is 5. The fraction of sp³-hybridized carbons (Fsp3) is 0.200. The van der Waals surface area contributed by atoms with Gasteiger partial charge in [-0.25, -0.2) is 4.90 Å². The zero-order valence-corrected chi connectivity index (χ0v) is 15.6. The largest absolute Gasteiger partial charge is 0.502 e. The molecule has 2 aromatic rings. The summed E-state index contributed by atoms with van der Waals surface area (Å²) in [7, 11) is 0. The maximum atomic E-state index is 12.9. The lowest BCUT2D eigenvalue weighted by atomic mass is 10.1. The molecule has 7 heteroatoms. The molecule has 140 valence electrons. The van der Waals surface area contributed by atoms with E-state index in [2.05, 4.69) is 0 Å². The molecule has 1 heterocycles. The molecule has 0 aliphatic carbocycles. The van der Waals surface area contributed by atoms with Crippen molar-refractivity contribution in [2.75, 3.05) is 18.1 Å². The molecule has 0 atom stereocenters. The van der Waals surface area contributed by atoms with E-state index in [4.69, 9.17) is 21.1 Å². The van der Waals surface area contributed by atoms with Crippen molar-refractivity contribution >= 4 is 34.7 Å². The van der Waals surface area contributed by atoms with Crippen LogP contribution in [0.5, 0.6) is 11.5 Å². The smallest absolute Gasteiger partial charge is 0.301 e. The van der Waals surface area contributed by atoms with Crippen LogP contribution in [-0.2, 0) is 9.59 Å². The minimum atomic E-state index is -0.795. The molecule has 1 aliphatic heterocycles. The number of amides is 2. The van der Waals surface area contributed by atoms with Crippen LogP contribution in [0.3, 0.4) is 0 Å². The summed E-state index contributed by atoms with van der Waals surface area (Å²) in [5.74, 6) is -1.09. The van der Waals surface area contributed by atoms with Crippen molar-refractivity contribution in [3.8, 4) is 11.5 Å². The standard InChI is InChI=1S/C20H18ClNO5/c1-3-26-15-10-9-14(11-16(15)27-4-2)22-19(24)17(18(23)20(22)25)12-5-7-13(21)8-6-12/h5-11,23H,3-4H2,1-2H3. The molecule has 0 spiro atoms. The zero-order valence-electron chi connectivity index (χ0n) is 14.9. The molecule has 3 rings (SSSR count). The predicted molar refractivity (Wildman–Crippen MR) is 102 cm³/mol. The lowest BCUT2D eigenvalue weighted by molar-refractivity contribution is -0.121. The Labute approximate surface area is 161 Å². The van der Waals surface area contributed by atoms with Crippen molar-refractivity contribution in [2.45, 2.75) is 13.8 Å². The topological polar surface area (TPSA) is 76.1 Å². The summed E-state index contributed by atoms with van der Waals surface area (Å²) in [6, 6.07) is 11.1. The molecular weight excluding hydrogens is 370 g/mol. The molecule has 0 fully saturated rings. The number of rotatable bonds is 6. The van der Waals surface area contributed by atoms with Crippen LogP contribution in [-0.4, -0.2) is 30.1 Å². The summed E-state index contributed by atoms with van der Waals surface area (Å²) in [6.45, 7) is 4.51. The third-order valence-electron chi connectivity index (χ3n) is 3.98. The normalized spacial score (nSPS) is 14.1. The molecule has 2 amide bonds. The molecule has 2 aromatic carbocycles. The predicted octanol–water partition coefficient (Wildman–Crippen LogP) is 3.98. The van der Waals surface area contributed by atoms with Gasteiger partial charge in [-0.05, 0) is 43.7 Å². The van der Waals surface area contributed by atoms with Crippen molar-refractivity contribution in [3.05, 3.63) is 58.8 Å². The molecule has 1 N–H and O–H groups in total. The Morgan fingerprint density at radius 1 is 0.926 bits per heavy atom. The SMILES string of the molecule is CCOc1ccc(N2C(=O)C(O)=C(c3ccc(Cl)cc3)C2=O)cc1OCC. The van der Waals surface area contributed by atoms with Gasteiger partial charge in [-0.1, -0.05) is 23.7 Å². The molecule has 0 saturated heterocycles. The second kappa shape index (κ2) is 7.72. The van der Waals surface area contributed by atoms with Crippen LogP contribution in [0.15, 0.2) is 48.2 Å². The number of halogens is 1. The monoisotopic (exact) mass is 387 g/mol. The van der Waals surface area contributed by atoms with Gasteiger partial charge in [-0.3, -0.25) is 9.59 Å². The molecule has 1 aliphatic rings. The van der Waals surface area contributed by atoms with Crippen LogP contribution in [0.4, 0.5) is 5.69 Å². The molecular formula is C20H18ClNO5. The van der Waals surface area contributed by atoms with Gasteiger partial charge in [0.25, 0.3) is 5.91 Å². The summed E-state index contributed by atoms with van der Waals surface area (Å²) in [6.07, 6.45) is 0. The highest BCUT2D eigenvalue weighted by Gasteiger charge is 2.40. The summed E-state index contributed by atoms with van der Waals surface area (Å²) in [5.41, 5.74) is 0.629. The maximum absolute atomic E-state index is 12.9. The van der Waals surface area contributed by atoms with Gasteiger partial charge in [-0.15, -0.1) is 0 Å². The van der Waals surface area contributed by atoms with Crippen LogP contribution in [0.1, 0.15) is 19.4 Å². The lowest BCUT2D eigenvalue weighted by Gasteiger charge is -2.18. The van der Waals surface area contributed by atoms with E-state index >= 15 is 0 Å². The van der Waals surface area contributed by atoms with Crippen molar-refractivity contribution in [3.63, 3.8) is 0 Å². The molecule has 0 aromatic heterocycles. The Morgan fingerprint density at radius 2 is 1.56 bits per heavy atom. The Balaban J connectivity index is 1.99. The second-order valence-electron chi connectivity index (χ2n) is 5.67. The molecule has 0 saturated carbocycles. The first-order chi connectivity index (χ1) is 13.0. The van der Waals surface area contributed by atoms with Gasteiger partial charge in [0.05, 0.1) is 24.5 Å². The lowest BCUT2D eigenvalue weighted by Crippen LogP contribution is -2.31. The van der Waals surface area contributed by atoms with E-state index in [0.717, 1.165) is 4.90 Å². The Bertz CT molecular complexity index is 920. The van der Waals surface area contributed by atoms with E-state index < -0.39 is 17.6 Å². The van der Waals surface area contributed by atoms with Crippen LogP contribution in [0.2, 0.25) is 5.02 Å². The average molecular weight is 388 g/mol. The first-order valence-corrected chi connectivity index (χ1v) is 8.83. The van der Waals surface area contributed by atoms with Crippen LogP contribution < -0.4 is 14.4 Å². The van der Waals surface area contributed by atoms with E-state index in [1.54, 1.807) is 42.5 Å². The third-order valence-corrected chi connectivity index (χ3v) is 4.23. The maximum Gasteiger partial charge on any atom is 0.301 e. The highest BCUT2D eigenvalue weighted by molar-refractivity contribution is 6.45. The van der Waals surface area contributed by atoms with Gasteiger partial charge in [0, 0.05) is 11.1 Å². The first-order valence-electron chi connectivity index (χ1n) is 8.45. The quantitative estimate of drug-likeness (QED) is 0.759. The number of hydrogen-bond donors (Lipinski definition) is 1. The van der Waals surface area contributed by atoms with Gasteiger partial charge in [0.1, 0.15) is 0 Å². The Kier molecular flexibility index (Phi) is 5.37. The van der Waals surface area contributed by atoms with Gasteiger partial charge >= 0.3 is 5.91 Å². The Morgan fingerprint density at radius 3 is 2.19 bits per heavy atom. The third kappa shape index (κ3) is 3.48. The zero-order chi connectivity index (χ0) is 19.6. The minimum Gasteiger partial charge on any atom is -0.502 e. The highest BCUT2D eigenvalue weighted by atomic mass is 35.5. The van der Waals surface area contributed by atoms with Gasteiger partial charge in [-0.2, -0.15) is 0 Å². The first kappa shape index (κ1) is 18.8. The summed E-state index contributed by atoms with van der Waals surface area (Å²) in [5, 5.41) is 10.8. The van der Waals surface area contributed by atoms with Crippen LogP contribution in [0, 0.1) is 0 Å². The number of imide groups is 1. The van der Waals surface area contributed by atoms with Crippen molar-refractivity contribution in [2.24, 2.45) is 0 Å². The number of ether oxygens (including phenoxy) is 2. The van der Waals surface area contributed by atoms with Crippen LogP contribution >= 0.6 is 11.6 Å². The average Bonchev–Trinajstić information content (AvgIpc) is 2.87. The van der Waals surface area contributed by atoms with Gasteiger partial charge in [0.15, 0.2) is 17.3 Å². The van der Waals surface area contributed by atoms with E-state index in [9.17, 15) is 14.7 Å². The molecule has 0 unspecified atom stereocenters. The van der Waals surface area contributed by atoms with Crippen molar-refractivity contribution in [1.29, 1.82) is 0 Å². The number of nitrogens with zero attached hydrogens (tertiary/aromatic N) is 1. The highest BCUT2D eigenvalue weighted by Crippen LogP contribution is 2.37. The van der Waals surface area contributed by atoms with E-state index in [0.29, 0.717) is 35.3 Å². The van der Waals surface area contributed by atoms with Gasteiger partial charge in [0.2, 0.25) is 0 Å². The number of aliphatic hydroxyl groups excluding tert-OH is 1. The number of anilines is 1. The molecule has 0 bridgehead atoms. The Hall–Kier alpha value is -2.99. The van der Waals surface area contributed by atoms with Crippen molar-refractivity contribution < 1.29 is 24.2 Å². The summed E-state index contributed by atoms with van der Waals surface area (Å²) >= 11 is 5.87. The number of aliphatic hydroxyl groups is 1. The fourth-order valence-electron chi connectivity index (χ4n) is 2.81. The molecule has 6 nitrogen and oxygen atoms in total. The number of carbonyl (C=O) groups is 2. The summed E-state index contributed by atoms with van der Waals surface area (Å²) < 4.78 is 11.0. The van der Waals surface area contributed by atoms with Gasteiger partial charge < -0.3 is 14.6 Å². The fourth-order valence-corrected chi connectivity index (χ4v) is 2.93. The number of carbonyl (C=O) groups excluding carboxylic acids is 2. The van der Waals surface area contributed by atoms with Crippen molar-refractivity contribution in [1.82, 2.24) is 0 Å². The molecule has 27 heavy (non-hydrogen) atoms. The second-order valence-corrected chi connectivity index (χ2v) is 6.11.